The van der Waals surface area contributed by atoms with Crippen LogP contribution in [0.2, 0.25) is 0 Å². The molecule has 3 rings (SSSR count). The number of carbonyl (C=O) groups excluding carboxylic acids is 1. The van der Waals surface area contributed by atoms with E-state index in [4.69, 9.17) is 24.5 Å². The topological polar surface area (TPSA) is 153 Å². The second kappa shape index (κ2) is 12.7. The first-order valence-corrected chi connectivity index (χ1v) is 13.6. The van der Waals surface area contributed by atoms with E-state index < -0.39 is 49.8 Å². The maximum atomic E-state index is 13.9. The zero-order valence-electron chi connectivity index (χ0n) is 21.7. The molecule has 0 saturated carbocycles. The molecule has 214 valence electrons. The maximum absolute atomic E-state index is 13.9. The van der Waals surface area contributed by atoms with E-state index in [1.165, 1.54) is 19.8 Å². The number of aromatic nitrogens is 4. The molecule has 2 aromatic heterocycles. The van der Waals surface area contributed by atoms with Gasteiger partial charge < -0.3 is 29.0 Å². The van der Waals surface area contributed by atoms with Crippen LogP contribution in [0.4, 0.5) is 19.0 Å². The number of methoxy groups -OCH3 is 1. The molecule has 2 unspecified atom stereocenters. The summed E-state index contributed by atoms with van der Waals surface area (Å²) in [6, 6.07) is 2.43. The molecule has 0 spiro atoms. The van der Waals surface area contributed by atoms with Crippen molar-refractivity contribution in [3.63, 3.8) is 0 Å². The van der Waals surface area contributed by atoms with Gasteiger partial charge in [0.05, 0.1) is 37.3 Å². The molecular weight excluding hydrogens is 544 g/mol. The largest absolute Gasteiger partial charge is 0.462 e. The van der Waals surface area contributed by atoms with Gasteiger partial charge in [-0.15, -0.1) is 0 Å². The number of ether oxygens (including phenoxy) is 3. The third kappa shape index (κ3) is 8.36. The number of nitrogen functional groups attached to an aromatic ring is 1. The number of alkyl halides is 3. The summed E-state index contributed by atoms with van der Waals surface area (Å²) >= 11 is 0. The molecule has 0 saturated heterocycles. The highest BCUT2D eigenvalue weighted by molar-refractivity contribution is 7.57. The van der Waals surface area contributed by atoms with Crippen molar-refractivity contribution in [3.8, 4) is 5.75 Å². The number of nitrogens with zero attached hydrogens (tertiary/aromatic N) is 4. The molecule has 0 bridgehead atoms. The quantitative estimate of drug-likeness (QED) is 0.227. The minimum absolute atomic E-state index is 0.128. The summed E-state index contributed by atoms with van der Waals surface area (Å²) in [6.45, 7) is 4.98. The lowest BCUT2D eigenvalue weighted by Crippen LogP contribution is -2.42. The Morgan fingerprint density at radius 2 is 1.85 bits per heavy atom. The van der Waals surface area contributed by atoms with Gasteiger partial charge >= 0.3 is 19.7 Å². The van der Waals surface area contributed by atoms with Crippen molar-refractivity contribution in [3.05, 3.63) is 42.5 Å². The number of esters is 1. The van der Waals surface area contributed by atoms with Crippen LogP contribution >= 0.6 is 7.52 Å². The average molecular weight is 574 g/mol. The molecule has 3 aromatic rings. The van der Waals surface area contributed by atoms with Crippen LogP contribution in [0.25, 0.3) is 11.2 Å². The molecule has 16 heteroatoms. The molecule has 3 N–H and O–H groups in total. The first kappa shape index (κ1) is 30.3. The first-order valence-electron chi connectivity index (χ1n) is 11.8. The fourth-order valence-corrected chi connectivity index (χ4v) is 5.18. The summed E-state index contributed by atoms with van der Waals surface area (Å²) in [4.78, 5) is 24.8. The molecule has 0 aliphatic heterocycles. The van der Waals surface area contributed by atoms with Gasteiger partial charge in [0, 0.05) is 7.11 Å². The van der Waals surface area contributed by atoms with Crippen LogP contribution < -0.4 is 15.3 Å². The molecular formula is C23H30F3N6O6P. The molecule has 39 heavy (non-hydrogen) atoms. The van der Waals surface area contributed by atoms with Gasteiger partial charge in [-0.3, -0.25) is 9.36 Å². The smallest absolute Gasteiger partial charge is 0.416 e. The fourth-order valence-electron chi connectivity index (χ4n) is 3.43. The Morgan fingerprint density at radius 3 is 2.46 bits per heavy atom. The Morgan fingerprint density at radius 1 is 1.15 bits per heavy atom. The molecule has 0 fully saturated rings. The van der Waals surface area contributed by atoms with Gasteiger partial charge in [0.25, 0.3) is 0 Å². The zero-order chi connectivity index (χ0) is 28.8. The minimum atomic E-state index is -4.56. The number of hydrogen-bond donors (Lipinski definition) is 2. The molecule has 0 aliphatic carbocycles. The van der Waals surface area contributed by atoms with Gasteiger partial charge in [-0.25, -0.2) is 20.0 Å². The van der Waals surface area contributed by atoms with Crippen LogP contribution in [0.15, 0.2) is 36.9 Å². The normalized spacial score (nSPS) is 15.2. The van der Waals surface area contributed by atoms with Gasteiger partial charge in [0.15, 0.2) is 11.5 Å². The SMILES string of the molecule is COCC(NP(=O)(CO[C@H](C)Cn1cnc2c(N)ncnc21)Oc1ccc(C(F)(F)F)cc1)C(=O)OC(C)C. The number of rotatable bonds is 13. The van der Waals surface area contributed by atoms with Crippen molar-refractivity contribution in [2.75, 3.05) is 25.8 Å². The zero-order valence-corrected chi connectivity index (χ0v) is 22.6. The third-order valence-corrected chi connectivity index (χ3v) is 6.87. The number of carbonyl (C=O) groups is 1. The molecule has 0 radical (unpaired) electrons. The lowest BCUT2D eigenvalue weighted by atomic mass is 10.2. The average Bonchev–Trinajstić information content (AvgIpc) is 3.26. The van der Waals surface area contributed by atoms with Crippen molar-refractivity contribution >= 4 is 30.5 Å². The Hall–Kier alpha value is -3.26. The van der Waals surface area contributed by atoms with E-state index in [-0.39, 0.29) is 24.7 Å². The highest BCUT2D eigenvalue weighted by Crippen LogP contribution is 2.44. The van der Waals surface area contributed by atoms with E-state index in [1.807, 2.05) is 0 Å². The van der Waals surface area contributed by atoms with Crippen LogP contribution in [0.5, 0.6) is 5.75 Å². The second-order valence-corrected chi connectivity index (χ2v) is 10.9. The standard InChI is InChI=1S/C23H30F3N6O6P/c1-14(2)37-22(33)18(10-35-4)31-39(34,38-17-7-5-16(6-8-17)23(24,25)26)13-36-15(3)9-32-12-30-19-20(27)28-11-29-21(19)32/h5-8,11-12,14-15,18H,9-10,13H2,1-4H3,(H,31,34)(H2,27,28,29)/t15-,18?,39?/m1/s1. The fraction of sp³-hybridized carbons (Fsp3) is 0.478. The van der Waals surface area contributed by atoms with E-state index in [2.05, 4.69) is 20.0 Å². The van der Waals surface area contributed by atoms with Crippen LogP contribution in [0.1, 0.15) is 26.3 Å². The van der Waals surface area contributed by atoms with Gasteiger partial charge in [0.1, 0.15) is 30.0 Å². The van der Waals surface area contributed by atoms with Crippen molar-refractivity contribution < 1.29 is 41.3 Å². The molecule has 0 amide bonds. The number of hydrogen-bond acceptors (Lipinski definition) is 10. The van der Waals surface area contributed by atoms with Crippen molar-refractivity contribution in [2.45, 2.75) is 51.7 Å². The number of nitrogens with two attached hydrogens (primary N) is 1. The number of nitrogens with one attached hydrogen (secondary N) is 1. The van der Waals surface area contributed by atoms with Crippen molar-refractivity contribution in [1.29, 1.82) is 0 Å². The third-order valence-electron chi connectivity index (χ3n) is 5.17. The number of imidazole rings is 1. The summed E-state index contributed by atoms with van der Waals surface area (Å²) in [6.07, 6.45) is -3.35. The monoisotopic (exact) mass is 574 g/mol. The van der Waals surface area contributed by atoms with Gasteiger partial charge in [-0.2, -0.15) is 13.2 Å². The Labute approximate surface area is 222 Å². The van der Waals surface area contributed by atoms with Crippen LogP contribution in [-0.2, 0) is 36.3 Å². The predicted octanol–water partition coefficient (Wildman–Crippen LogP) is 3.62. The first-order chi connectivity index (χ1) is 18.3. The van der Waals surface area contributed by atoms with Gasteiger partial charge in [-0.1, -0.05) is 0 Å². The van der Waals surface area contributed by atoms with Crippen molar-refractivity contribution in [1.82, 2.24) is 24.6 Å². The molecule has 12 nitrogen and oxygen atoms in total. The van der Waals surface area contributed by atoms with Crippen LogP contribution in [0, 0.1) is 0 Å². The lowest BCUT2D eigenvalue weighted by molar-refractivity contribution is -0.150. The van der Waals surface area contributed by atoms with E-state index in [1.54, 1.807) is 25.3 Å². The highest BCUT2D eigenvalue weighted by Gasteiger charge is 2.35. The minimum Gasteiger partial charge on any atom is -0.462 e. The number of benzene rings is 1. The number of fused-ring (bicyclic) bond motifs is 1. The summed E-state index contributed by atoms with van der Waals surface area (Å²) in [5.41, 5.74) is 5.79. The van der Waals surface area contributed by atoms with Gasteiger partial charge in [-0.05, 0) is 45.0 Å². The van der Waals surface area contributed by atoms with E-state index >= 15 is 0 Å². The summed E-state index contributed by atoms with van der Waals surface area (Å²) in [7, 11) is -2.75. The lowest BCUT2D eigenvalue weighted by Gasteiger charge is -2.26. The molecule has 0 aliphatic rings. The molecule has 1 aromatic carbocycles. The predicted molar refractivity (Wildman–Crippen MR) is 135 cm³/mol. The van der Waals surface area contributed by atoms with E-state index in [9.17, 15) is 22.5 Å². The van der Waals surface area contributed by atoms with Gasteiger partial charge in [0.2, 0.25) is 0 Å². The number of halogens is 3. The Bertz CT molecular complexity index is 1300. The van der Waals surface area contributed by atoms with E-state index in [0.29, 0.717) is 11.2 Å². The Kier molecular flexibility index (Phi) is 9.88. The van der Waals surface area contributed by atoms with E-state index in [0.717, 1.165) is 24.3 Å². The second-order valence-electron chi connectivity index (χ2n) is 8.84. The summed E-state index contributed by atoms with van der Waals surface area (Å²) in [5, 5.41) is 2.61. The highest BCUT2D eigenvalue weighted by atomic mass is 31.2. The van der Waals surface area contributed by atoms with Crippen molar-refractivity contribution in [2.24, 2.45) is 0 Å². The number of anilines is 1. The Balaban J connectivity index is 1.80. The van der Waals surface area contributed by atoms with Crippen LogP contribution in [0.3, 0.4) is 0 Å². The molecule has 2 heterocycles. The van der Waals surface area contributed by atoms with Crippen LogP contribution in [-0.4, -0.2) is 63.8 Å². The maximum Gasteiger partial charge on any atom is 0.416 e. The molecule has 3 atom stereocenters. The summed E-state index contributed by atoms with van der Waals surface area (Å²) in [5.74, 6) is -0.669. The summed E-state index contributed by atoms with van der Waals surface area (Å²) < 4.78 is 76.2.